The van der Waals surface area contributed by atoms with Gasteiger partial charge in [0.15, 0.2) is 0 Å². The molecule has 19 heavy (non-hydrogen) atoms. The first-order chi connectivity index (χ1) is 9.22. The van der Waals surface area contributed by atoms with Gasteiger partial charge in [0.2, 0.25) is 0 Å². The summed E-state index contributed by atoms with van der Waals surface area (Å²) in [4.78, 5) is 17.0. The maximum absolute atomic E-state index is 11.8. The molecule has 106 valence electrons. The van der Waals surface area contributed by atoms with Crippen LogP contribution in [0.15, 0.2) is 23.0 Å². The second-order valence-corrected chi connectivity index (χ2v) is 4.02. The van der Waals surface area contributed by atoms with Gasteiger partial charge in [0.1, 0.15) is 0 Å². The number of nitrogens with one attached hydrogen (secondary N) is 1. The van der Waals surface area contributed by atoms with Gasteiger partial charge in [-0.1, -0.05) is 6.07 Å². The van der Waals surface area contributed by atoms with Crippen LogP contribution in [0.1, 0.15) is 20.8 Å². The molecule has 0 radical (unpaired) electrons. The standard InChI is InChI=1S/C13H19N3O.CH4O/c1-4-15(5-2)11-9-7-8-10-12(11)16(6-3)13(17)14-10;1-2/h7-9H,4-6H2,1-3H3,(H,14,17);2H,1H3. The zero-order valence-electron chi connectivity index (χ0n) is 12.1. The van der Waals surface area contributed by atoms with Crippen LogP contribution in [0.25, 0.3) is 11.0 Å². The average molecular weight is 265 g/mol. The molecule has 1 heterocycles. The molecule has 0 aliphatic rings. The van der Waals surface area contributed by atoms with Crippen LogP contribution in [-0.4, -0.2) is 34.9 Å². The van der Waals surface area contributed by atoms with Crippen LogP contribution < -0.4 is 10.6 Å². The molecule has 0 amide bonds. The highest BCUT2D eigenvalue weighted by Crippen LogP contribution is 2.24. The van der Waals surface area contributed by atoms with Crippen LogP contribution in [0.2, 0.25) is 0 Å². The minimum Gasteiger partial charge on any atom is -0.400 e. The molecule has 5 heteroatoms. The smallest absolute Gasteiger partial charge is 0.326 e. The fourth-order valence-corrected chi connectivity index (χ4v) is 2.32. The van der Waals surface area contributed by atoms with Crippen molar-refractivity contribution in [2.45, 2.75) is 27.3 Å². The number of aliphatic hydroxyl groups is 1. The first kappa shape index (κ1) is 15.3. The summed E-state index contributed by atoms with van der Waals surface area (Å²) in [5.41, 5.74) is 3.04. The summed E-state index contributed by atoms with van der Waals surface area (Å²) in [6.07, 6.45) is 0. The third-order valence-corrected chi connectivity index (χ3v) is 3.19. The van der Waals surface area contributed by atoms with E-state index in [1.54, 1.807) is 4.57 Å². The zero-order chi connectivity index (χ0) is 14.4. The predicted molar refractivity (Wildman–Crippen MR) is 79.9 cm³/mol. The van der Waals surface area contributed by atoms with E-state index < -0.39 is 0 Å². The van der Waals surface area contributed by atoms with Gasteiger partial charge in [-0.15, -0.1) is 0 Å². The van der Waals surface area contributed by atoms with E-state index in [2.05, 4.69) is 29.8 Å². The number of aryl methyl sites for hydroxylation is 1. The number of rotatable bonds is 4. The number of fused-ring (bicyclic) bond motifs is 1. The normalized spacial score (nSPS) is 10.2. The lowest BCUT2D eigenvalue weighted by molar-refractivity contribution is 0.399. The molecular weight excluding hydrogens is 242 g/mol. The number of imidazole rings is 1. The maximum Gasteiger partial charge on any atom is 0.326 e. The van der Waals surface area contributed by atoms with E-state index in [-0.39, 0.29) is 5.69 Å². The Kier molecular flexibility index (Phi) is 5.63. The van der Waals surface area contributed by atoms with Gasteiger partial charge in [-0.3, -0.25) is 4.57 Å². The number of para-hydroxylation sites is 1. The van der Waals surface area contributed by atoms with Gasteiger partial charge in [-0.25, -0.2) is 4.79 Å². The highest BCUT2D eigenvalue weighted by molar-refractivity contribution is 5.89. The summed E-state index contributed by atoms with van der Waals surface area (Å²) in [6.45, 7) is 8.83. The van der Waals surface area contributed by atoms with Crippen molar-refractivity contribution < 1.29 is 5.11 Å². The minimum atomic E-state index is -0.0258. The Morgan fingerprint density at radius 2 is 1.84 bits per heavy atom. The van der Waals surface area contributed by atoms with Crippen molar-refractivity contribution in [1.82, 2.24) is 9.55 Å². The fourth-order valence-electron chi connectivity index (χ4n) is 2.32. The van der Waals surface area contributed by atoms with Gasteiger partial charge < -0.3 is 15.0 Å². The van der Waals surface area contributed by atoms with Crippen LogP contribution in [0, 0.1) is 0 Å². The Balaban J connectivity index is 0.000000861. The lowest BCUT2D eigenvalue weighted by Crippen LogP contribution is -2.23. The van der Waals surface area contributed by atoms with Gasteiger partial charge in [-0.2, -0.15) is 0 Å². The summed E-state index contributed by atoms with van der Waals surface area (Å²) in [7, 11) is 1.00. The van der Waals surface area contributed by atoms with Gasteiger partial charge in [-0.05, 0) is 32.9 Å². The van der Waals surface area contributed by atoms with E-state index in [1.807, 2.05) is 19.1 Å². The number of hydrogen-bond acceptors (Lipinski definition) is 3. The highest BCUT2D eigenvalue weighted by Gasteiger charge is 2.12. The second kappa shape index (κ2) is 6.99. The van der Waals surface area contributed by atoms with Crippen molar-refractivity contribution in [3.8, 4) is 0 Å². The maximum atomic E-state index is 11.8. The van der Waals surface area contributed by atoms with E-state index >= 15 is 0 Å². The van der Waals surface area contributed by atoms with Crippen molar-refractivity contribution in [2.75, 3.05) is 25.1 Å². The molecule has 5 nitrogen and oxygen atoms in total. The molecule has 0 bridgehead atoms. The molecule has 0 unspecified atom stereocenters. The van der Waals surface area contributed by atoms with E-state index in [0.717, 1.165) is 36.9 Å². The number of benzene rings is 1. The molecule has 0 aliphatic heterocycles. The molecule has 0 saturated heterocycles. The second-order valence-electron chi connectivity index (χ2n) is 4.02. The van der Waals surface area contributed by atoms with E-state index in [0.29, 0.717) is 6.54 Å². The topological polar surface area (TPSA) is 61.3 Å². The number of H-pyrrole nitrogens is 1. The van der Waals surface area contributed by atoms with E-state index in [1.165, 1.54) is 0 Å². The summed E-state index contributed by atoms with van der Waals surface area (Å²) in [6, 6.07) is 6.02. The van der Waals surface area contributed by atoms with Gasteiger partial charge in [0.05, 0.1) is 16.7 Å². The van der Waals surface area contributed by atoms with Crippen LogP contribution in [0.3, 0.4) is 0 Å². The minimum absolute atomic E-state index is 0.0258. The van der Waals surface area contributed by atoms with Gasteiger partial charge >= 0.3 is 5.69 Å². The number of hydrogen-bond donors (Lipinski definition) is 2. The monoisotopic (exact) mass is 265 g/mol. The van der Waals surface area contributed by atoms with Crippen LogP contribution in [0.4, 0.5) is 5.69 Å². The summed E-state index contributed by atoms with van der Waals surface area (Å²) >= 11 is 0. The molecule has 0 fully saturated rings. The third kappa shape index (κ3) is 2.81. The number of nitrogens with zero attached hydrogens (tertiary/aromatic N) is 2. The SMILES string of the molecule is CCN(CC)c1cccc2[nH]c(=O)n(CC)c12.CO. The van der Waals surface area contributed by atoms with Crippen LogP contribution >= 0.6 is 0 Å². The quantitative estimate of drug-likeness (QED) is 0.886. The Morgan fingerprint density at radius 1 is 1.21 bits per heavy atom. The summed E-state index contributed by atoms with van der Waals surface area (Å²) in [5, 5.41) is 7.00. The average Bonchev–Trinajstić information content (AvgIpc) is 2.78. The van der Waals surface area contributed by atoms with E-state index in [9.17, 15) is 4.79 Å². The molecule has 2 N–H and O–H groups in total. The Hall–Kier alpha value is -1.75. The summed E-state index contributed by atoms with van der Waals surface area (Å²) < 4.78 is 1.79. The number of aromatic nitrogens is 2. The molecular formula is C14H23N3O2. The third-order valence-electron chi connectivity index (χ3n) is 3.19. The van der Waals surface area contributed by atoms with Crippen molar-refractivity contribution in [3.05, 3.63) is 28.7 Å². The molecule has 2 aromatic rings. The molecule has 0 aliphatic carbocycles. The van der Waals surface area contributed by atoms with Crippen molar-refractivity contribution in [3.63, 3.8) is 0 Å². The molecule has 0 atom stereocenters. The van der Waals surface area contributed by atoms with E-state index in [4.69, 9.17) is 5.11 Å². The first-order valence-electron chi connectivity index (χ1n) is 6.64. The zero-order valence-corrected chi connectivity index (χ0v) is 12.1. The van der Waals surface area contributed by atoms with Crippen LogP contribution in [-0.2, 0) is 6.54 Å². The number of aliphatic hydroxyl groups excluding tert-OH is 1. The molecule has 0 saturated carbocycles. The lowest BCUT2D eigenvalue weighted by atomic mass is 10.2. The number of aromatic amines is 1. The first-order valence-corrected chi connectivity index (χ1v) is 6.64. The van der Waals surface area contributed by atoms with Crippen LogP contribution in [0.5, 0.6) is 0 Å². The summed E-state index contributed by atoms with van der Waals surface area (Å²) in [5.74, 6) is 0. The van der Waals surface area contributed by atoms with Crippen molar-refractivity contribution >= 4 is 16.7 Å². The van der Waals surface area contributed by atoms with Crippen molar-refractivity contribution in [2.24, 2.45) is 0 Å². The Labute approximate surface area is 113 Å². The molecule has 0 spiro atoms. The highest BCUT2D eigenvalue weighted by atomic mass is 16.2. The van der Waals surface area contributed by atoms with Crippen molar-refractivity contribution in [1.29, 1.82) is 0 Å². The molecule has 2 rings (SSSR count). The molecule has 1 aromatic heterocycles. The number of anilines is 1. The van der Waals surface area contributed by atoms with Gasteiger partial charge in [0, 0.05) is 26.7 Å². The lowest BCUT2D eigenvalue weighted by Gasteiger charge is -2.22. The molecule has 1 aromatic carbocycles. The predicted octanol–water partition coefficient (Wildman–Crippen LogP) is 1.80. The Morgan fingerprint density at radius 3 is 2.37 bits per heavy atom. The van der Waals surface area contributed by atoms with Gasteiger partial charge in [0.25, 0.3) is 0 Å². The fraction of sp³-hybridized carbons (Fsp3) is 0.500. The Bertz CT molecular complexity index is 568. The largest absolute Gasteiger partial charge is 0.400 e.